The van der Waals surface area contributed by atoms with E-state index in [1.54, 1.807) is 6.07 Å². The molecule has 1 aliphatic carbocycles. The molecule has 5 atom stereocenters. The van der Waals surface area contributed by atoms with Crippen molar-refractivity contribution >= 4 is 17.6 Å². The Balaban J connectivity index is 1.48. The van der Waals surface area contributed by atoms with Crippen LogP contribution >= 0.6 is 0 Å². The van der Waals surface area contributed by atoms with Gasteiger partial charge in [-0.15, -0.1) is 0 Å². The third-order valence-electron chi connectivity index (χ3n) is 8.28. The van der Waals surface area contributed by atoms with E-state index in [2.05, 4.69) is 29.4 Å². The summed E-state index contributed by atoms with van der Waals surface area (Å²) in [5.74, 6) is -0.120. The van der Waals surface area contributed by atoms with Crippen LogP contribution in [0.5, 0.6) is 0 Å². The van der Waals surface area contributed by atoms with Crippen molar-refractivity contribution in [2.45, 2.75) is 96.7 Å². The number of piperidine rings is 1. The number of anilines is 1. The molecule has 2 fully saturated rings. The minimum atomic E-state index is -0.729. The second-order valence-corrected chi connectivity index (χ2v) is 11.2. The van der Waals surface area contributed by atoms with Crippen molar-refractivity contribution in [3.8, 4) is 0 Å². The molecule has 5 unspecified atom stereocenters. The lowest BCUT2D eigenvalue weighted by Crippen LogP contribution is -2.61. The van der Waals surface area contributed by atoms with Gasteiger partial charge in [-0.1, -0.05) is 39.2 Å². The lowest BCUT2D eigenvalue weighted by Gasteiger charge is -2.47. The molecule has 1 saturated carbocycles. The summed E-state index contributed by atoms with van der Waals surface area (Å²) in [7, 11) is 0. The van der Waals surface area contributed by atoms with Gasteiger partial charge in [-0.25, -0.2) is 4.39 Å². The molecule has 3 aliphatic rings. The van der Waals surface area contributed by atoms with Crippen LogP contribution in [0.4, 0.5) is 10.1 Å². The number of fused-ring (bicyclic) bond motifs is 1. The second kappa shape index (κ2) is 11.3. The fraction of sp³-hybridized carbons (Fsp3) is 0.714. The van der Waals surface area contributed by atoms with E-state index in [4.69, 9.17) is 0 Å². The lowest BCUT2D eigenvalue weighted by molar-refractivity contribution is -0.139. The van der Waals surface area contributed by atoms with Crippen LogP contribution < -0.4 is 10.6 Å². The molecule has 0 spiro atoms. The SMILES string of the molecule is CCCCCCN1CC(CC(=O)O)CC(C)C1C(NC(=O)C1Cc2c(F)ccc(C)c2N1)C1CC1. The number of nitrogens with zero attached hydrogens (tertiary/aromatic N) is 1. The van der Waals surface area contributed by atoms with Crippen molar-refractivity contribution in [3.05, 3.63) is 29.1 Å². The number of benzene rings is 1. The summed E-state index contributed by atoms with van der Waals surface area (Å²) in [5.41, 5.74) is 2.32. The van der Waals surface area contributed by atoms with E-state index in [9.17, 15) is 19.1 Å². The molecule has 1 aromatic rings. The van der Waals surface area contributed by atoms with E-state index in [-0.39, 0.29) is 36.1 Å². The molecule has 4 rings (SSSR count). The first kappa shape index (κ1) is 25.9. The predicted molar refractivity (Wildman–Crippen MR) is 136 cm³/mol. The maximum absolute atomic E-state index is 14.4. The number of hydrogen-bond donors (Lipinski definition) is 3. The number of amides is 1. The van der Waals surface area contributed by atoms with E-state index < -0.39 is 12.0 Å². The number of rotatable bonds is 11. The number of hydrogen-bond acceptors (Lipinski definition) is 4. The average Bonchev–Trinajstić information content (AvgIpc) is 3.54. The third-order valence-corrected chi connectivity index (χ3v) is 8.28. The number of likely N-dealkylation sites (tertiary alicyclic amines) is 1. The highest BCUT2D eigenvalue weighted by atomic mass is 19.1. The zero-order chi connectivity index (χ0) is 25.1. The monoisotopic (exact) mass is 487 g/mol. The Kier molecular flexibility index (Phi) is 8.35. The summed E-state index contributed by atoms with van der Waals surface area (Å²) in [6.07, 6.45) is 8.34. The van der Waals surface area contributed by atoms with Gasteiger partial charge in [0, 0.05) is 42.7 Å². The highest BCUT2D eigenvalue weighted by Crippen LogP contribution is 2.41. The minimum absolute atomic E-state index is 0.0471. The van der Waals surface area contributed by atoms with Crippen molar-refractivity contribution in [3.63, 3.8) is 0 Å². The van der Waals surface area contributed by atoms with Crippen molar-refractivity contribution in [1.82, 2.24) is 10.2 Å². The molecule has 6 nitrogen and oxygen atoms in total. The molecule has 1 aromatic carbocycles. The molecule has 2 heterocycles. The van der Waals surface area contributed by atoms with E-state index >= 15 is 0 Å². The number of carboxylic acid groups (broad SMARTS) is 1. The highest BCUT2D eigenvalue weighted by molar-refractivity contribution is 5.88. The van der Waals surface area contributed by atoms with Crippen LogP contribution in [0.2, 0.25) is 0 Å². The Hall–Kier alpha value is -2.15. The zero-order valence-corrected chi connectivity index (χ0v) is 21.5. The fourth-order valence-electron chi connectivity index (χ4n) is 6.44. The van der Waals surface area contributed by atoms with Crippen LogP contribution in [-0.4, -0.2) is 53.1 Å². The molecule has 0 bridgehead atoms. The molecular weight excluding hydrogens is 445 g/mol. The van der Waals surface area contributed by atoms with Crippen LogP contribution in [0.25, 0.3) is 0 Å². The summed E-state index contributed by atoms with van der Waals surface area (Å²) in [5, 5.41) is 16.1. The van der Waals surface area contributed by atoms with Crippen molar-refractivity contribution in [1.29, 1.82) is 0 Å². The third kappa shape index (κ3) is 6.16. The molecule has 194 valence electrons. The summed E-state index contributed by atoms with van der Waals surface area (Å²) < 4.78 is 14.4. The Morgan fingerprint density at radius 3 is 2.69 bits per heavy atom. The standard InChI is InChI=1S/C28H42FN3O3/c1-4-5-6-7-12-32-16-19(14-24(33)34)13-18(3)27(32)26(20-9-10-20)31-28(35)23-15-21-22(29)11-8-17(2)25(21)30-23/h8,11,18-20,23,26-27,30H,4-7,9-10,12-16H2,1-3H3,(H,31,35)(H,33,34). The van der Waals surface area contributed by atoms with Crippen molar-refractivity contribution in [2.24, 2.45) is 17.8 Å². The van der Waals surface area contributed by atoms with Gasteiger partial charge in [0.05, 0.1) is 0 Å². The van der Waals surface area contributed by atoms with Crippen molar-refractivity contribution in [2.75, 3.05) is 18.4 Å². The quantitative estimate of drug-likeness (QED) is 0.393. The topological polar surface area (TPSA) is 81.7 Å². The second-order valence-electron chi connectivity index (χ2n) is 11.2. The van der Waals surface area contributed by atoms with E-state index in [1.807, 2.05) is 6.92 Å². The first-order chi connectivity index (χ1) is 16.8. The molecule has 1 saturated heterocycles. The van der Waals surface area contributed by atoms with Crippen LogP contribution in [0.3, 0.4) is 0 Å². The molecule has 2 aliphatic heterocycles. The first-order valence-electron chi connectivity index (χ1n) is 13.6. The summed E-state index contributed by atoms with van der Waals surface area (Å²) in [6.45, 7) is 8.09. The predicted octanol–water partition coefficient (Wildman–Crippen LogP) is 4.75. The van der Waals surface area contributed by atoms with Gasteiger partial charge in [0.2, 0.25) is 5.91 Å². The summed E-state index contributed by atoms with van der Waals surface area (Å²) in [6, 6.07) is 3.03. The van der Waals surface area contributed by atoms with Gasteiger partial charge in [0.1, 0.15) is 11.9 Å². The van der Waals surface area contributed by atoms with Crippen LogP contribution in [0.15, 0.2) is 12.1 Å². The van der Waals surface area contributed by atoms with E-state index in [0.29, 0.717) is 23.8 Å². The largest absolute Gasteiger partial charge is 0.481 e. The van der Waals surface area contributed by atoms with Gasteiger partial charge in [0.25, 0.3) is 0 Å². The van der Waals surface area contributed by atoms with Gasteiger partial charge in [-0.2, -0.15) is 0 Å². The van der Waals surface area contributed by atoms with Gasteiger partial charge in [-0.05, 0) is 68.5 Å². The van der Waals surface area contributed by atoms with Gasteiger partial charge >= 0.3 is 5.97 Å². The number of unbranched alkanes of at least 4 members (excludes halogenated alkanes) is 3. The van der Waals surface area contributed by atoms with E-state index in [0.717, 1.165) is 50.0 Å². The smallest absolute Gasteiger partial charge is 0.303 e. The maximum Gasteiger partial charge on any atom is 0.303 e. The Bertz CT molecular complexity index is 888. The number of aryl methyl sites for hydroxylation is 1. The maximum atomic E-state index is 14.4. The first-order valence-corrected chi connectivity index (χ1v) is 13.6. The molecule has 1 amide bonds. The Morgan fingerprint density at radius 1 is 1.26 bits per heavy atom. The summed E-state index contributed by atoms with van der Waals surface area (Å²) in [4.78, 5) is 27.4. The molecule has 3 N–H and O–H groups in total. The number of aliphatic carboxylic acids is 1. The van der Waals surface area contributed by atoms with Crippen LogP contribution in [0.1, 0.15) is 76.3 Å². The highest BCUT2D eigenvalue weighted by Gasteiger charge is 2.46. The number of halogens is 1. The van der Waals surface area contributed by atoms with E-state index in [1.165, 1.54) is 25.3 Å². The molecule has 0 radical (unpaired) electrons. The number of carbonyl (C=O) groups excluding carboxylic acids is 1. The molecule has 7 heteroatoms. The zero-order valence-electron chi connectivity index (χ0n) is 21.5. The van der Waals surface area contributed by atoms with Gasteiger partial charge in [0.15, 0.2) is 0 Å². The lowest BCUT2D eigenvalue weighted by atomic mass is 9.78. The average molecular weight is 488 g/mol. The van der Waals surface area contributed by atoms with Gasteiger partial charge in [-0.3, -0.25) is 14.5 Å². The van der Waals surface area contributed by atoms with Crippen molar-refractivity contribution < 1.29 is 19.1 Å². The number of nitrogens with one attached hydrogen (secondary N) is 2. The van der Waals surface area contributed by atoms with Gasteiger partial charge < -0.3 is 15.7 Å². The Labute approximate surface area is 209 Å². The van der Waals surface area contributed by atoms with Crippen LogP contribution in [-0.2, 0) is 16.0 Å². The van der Waals surface area contributed by atoms with Crippen LogP contribution in [0, 0.1) is 30.5 Å². The molecular formula is C28H42FN3O3. The normalized spacial score (nSPS) is 27.2. The Morgan fingerprint density at radius 2 is 2.03 bits per heavy atom. The molecule has 35 heavy (non-hydrogen) atoms. The number of carbonyl (C=O) groups is 2. The number of carboxylic acids is 1. The molecule has 0 aromatic heterocycles. The summed E-state index contributed by atoms with van der Waals surface area (Å²) >= 11 is 0. The fourth-order valence-corrected chi connectivity index (χ4v) is 6.44. The minimum Gasteiger partial charge on any atom is -0.481 e.